The molecule has 1 aromatic rings. The van der Waals surface area contributed by atoms with Crippen LogP contribution in [0.5, 0.6) is 0 Å². The van der Waals surface area contributed by atoms with E-state index in [4.69, 9.17) is 11.1 Å². The van der Waals surface area contributed by atoms with Crippen LogP contribution in [0.3, 0.4) is 0 Å². The molecule has 0 saturated carbocycles. The number of rotatable bonds is 2. The molecule has 0 amide bonds. The number of nitrogens with two attached hydrogens (primary N) is 1. The highest BCUT2D eigenvalue weighted by Gasteiger charge is 2.30. The van der Waals surface area contributed by atoms with Crippen LogP contribution in [-0.4, -0.2) is 47.9 Å². The van der Waals surface area contributed by atoms with Crippen LogP contribution in [0, 0.1) is 5.41 Å². The minimum Gasteiger partial charge on any atom is -0.382 e. The van der Waals surface area contributed by atoms with E-state index in [1.165, 1.54) is 25.8 Å². The number of anilines is 1. The van der Waals surface area contributed by atoms with Crippen molar-refractivity contribution in [2.75, 3.05) is 31.1 Å². The van der Waals surface area contributed by atoms with Crippen LogP contribution in [0.4, 0.5) is 5.69 Å². The minimum atomic E-state index is 0.0571. The maximum atomic E-state index is 7.66. The van der Waals surface area contributed by atoms with Gasteiger partial charge in [0.15, 0.2) is 0 Å². The van der Waals surface area contributed by atoms with Crippen LogP contribution in [0.1, 0.15) is 25.0 Å². The second kappa shape index (κ2) is 5.17. The molecule has 1 atom stereocenters. The molecule has 0 aromatic carbocycles. The average molecular weight is 259 g/mol. The Kier molecular flexibility index (Phi) is 3.38. The van der Waals surface area contributed by atoms with Crippen LogP contribution in [0.15, 0.2) is 18.3 Å². The van der Waals surface area contributed by atoms with Crippen molar-refractivity contribution in [3.8, 4) is 0 Å². The summed E-state index contributed by atoms with van der Waals surface area (Å²) in [7, 11) is 0. The third-order valence-corrected chi connectivity index (χ3v) is 4.22. The summed E-state index contributed by atoms with van der Waals surface area (Å²) in [6, 6.07) is 4.61. The van der Waals surface area contributed by atoms with Crippen molar-refractivity contribution in [2.45, 2.75) is 25.3 Å². The first-order chi connectivity index (χ1) is 9.25. The van der Waals surface area contributed by atoms with Gasteiger partial charge in [-0.15, -0.1) is 0 Å². The summed E-state index contributed by atoms with van der Waals surface area (Å²) in [6.07, 6.45) is 5.66. The highest BCUT2D eigenvalue weighted by molar-refractivity contribution is 5.98. The Bertz CT molecular complexity index is 473. The van der Waals surface area contributed by atoms with Gasteiger partial charge in [-0.1, -0.05) is 6.42 Å². The molecule has 19 heavy (non-hydrogen) atoms. The van der Waals surface area contributed by atoms with Crippen molar-refractivity contribution in [2.24, 2.45) is 5.73 Å². The summed E-state index contributed by atoms with van der Waals surface area (Å²) in [5.74, 6) is 0.0571. The van der Waals surface area contributed by atoms with E-state index in [9.17, 15) is 0 Å². The smallest absolute Gasteiger partial charge is 0.143 e. The second-order valence-corrected chi connectivity index (χ2v) is 5.42. The summed E-state index contributed by atoms with van der Waals surface area (Å²) < 4.78 is 0. The van der Waals surface area contributed by atoms with Crippen LogP contribution >= 0.6 is 0 Å². The molecule has 2 aliphatic heterocycles. The van der Waals surface area contributed by atoms with E-state index in [-0.39, 0.29) is 5.84 Å². The first kappa shape index (κ1) is 12.4. The normalized spacial score (nSPS) is 24.0. The molecular formula is C14H21N5. The first-order valence-corrected chi connectivity index (χ1v) is 7.04. The zero-order valence-corrected chi connectivity index (χ0v) is 11.2. The number of nitrogens with one attached hydrogen (secondary N) is 1. The maximum Gasteiger partial charge on any atom is 0.143 e. The van der Waals surface area contributed by atoms with Gasteiger partial charge in [0.05, 0.1) is 5.69 Å². The number of fused-ring (bicyclic) bond motifs is 1. The van der Waals surface area contributed by atoms with Gasteiger partial charge in [0, 0.05) is 31.9 Å². The van der Waals surface area contributed by atoms with Crippen LogP contribution in [0.25, 0.3) is 0 Å². The van der Waals surface area contributed by atoms with Crippen molar-refractivity contribution < 1.29 is 0 Å². The Morgan fingerprint density at radius 2 is 2.21 bits per heavy atom. The van der Waals surface area contributed by atoms with E-state index in [1.807, 2.05) is 12.1 Å². The highest BCUT2D eigenvalue weighted by atomic mass is 15.3. The molecule has 1 unspecified atom stereocenters. The Hall–Kier alpha value is -1.62. The number of nitrogen functional groups attached to an aromatic ring is 1. The van der Waals surface area contributed by atoms with Crippen molar-refractivity contribution in [1.29, 1.82) is 5.41 Å². The standard InChI is InChI=1S/C14H21N5/c15-14(16)13-12(5-3-6-17-13)19-9-8-18-7-2-1-4-11(18)10-19/h3,5-6,11H,1-2,4,7-10H2,(H3,15,16). The van der Waals surface area contributed by atoms with E-state index in [1.54, 1.807) is 6.20 Å². The van der Waals surface area contributed by atoms with Crippen LogP contribution in [0.2, 0.25) is 0 Å². The number of piperidine rings is 1. The molecule has 0 aliphatic carbocycles. The monoisotopic (exact) mass is 259 g/mol. The van der Waals surface area contributed by atoms with E-state index in [0.29, 0.717) is 11.7 Å². The zero-order chi connectivity index (χ0) is 13.2. The number of pyridine rings is 1. The fourth-order valence-electron chi connectivity index (χ4n) is 3.23. The summed E-state index contributed by atoms with van der Waals surface area (Å²) in [5.41, 5.74) is 7.27. The van der Waals surface area contributed by atoms with Crippen molar-refractivity contribution in [1.82, 2.24) is 9.88 Å². The largest absolute Gasteiger partial charge is 0.382 e. The molecule has 0 radical (unpaired) electrons. The molecule has 102 valence electrons. The zero-order valence-electron chi connectivity index (χ0n) is 11.2. The Morgan fingerprint density at radius 1 is 1.32 bits per heavy atom. The van der Waals surface area contributed by atoms with Gasteiger partial charge < -0.3 is 10.6 Å². The molecule has 1 aromatic heterocycles. The molecule has 0 spiro atoms. The van der Waals surface area contributed by atoms with Gasteiger partial charge in [-0.2, -0.15) is 0 Å². The number of hydrogen-bond acceptors (Lipinski definition) is 4. The lowest BCUT2D eigenvalue weighted by Gasteiger charge is -2.45. The number of piperazine rings is 1. The van der Waals surface area contributed by atoms with E-state index in [0.717, 1.165) is 25.3 Å². The number of amidine groups is 1. The fourth-order valence-corrected chi connectivity index (χ4v) is 3.23. The second-order valence-electron chi connectivity index (χ2n) is 5.42. The van der Waals surface area contributed by atoms with Crippen molar-refractivity contribution >= 4 is 11.5 Å². The van der Waals surface area contributed by atoms with Gasteiger partial charge in [-0.3, -0.25) is 15.3 Å². The maximum absolute atomic E-state index is 7.66. The highest BCUT2D eigenvalue weighted by Crippen LogP contribution is 2.26. The molecule has 5 heteroatoms. The van der Waals surface area contributed by atoms with E-state index >= 15 is 0 Å². The molecule has 2 saturated heterocycles. The molecule has 2 fully saturated rings. The summed E-state index contributed by atoms with van der Waals surface area (Å²) in [6.45, 7) is 4.39. The molecule has 2 aliphatic rings. The molecule has 3 rings (SSSR count). The molecule has 3 N–H and O–H groups in total. The van der Waals surface area contributed by atoms with E-state index in [2.05, 4.69) is 14.8 Å². The average Bonchev–Trinajstić information content (AvgIpc) is 2.46. The Labute approximate surface area is 113 Å². The number of aromatic nitrogens is 1. The fraction of sp³-hybridized carbons (Fsp3) is 0.571. The van der Waals surface area contributed by atoms with Gasteiger partial charge in [0.25, 0.3) is 0 Å². The Morgan fingerprint density at radius 3 is 3.05 bits per heavy atom. The first-order valence-electron chi connectivity index (χ1n) is 7.04. The predicted molar refractivity (Wildman–Crippen MR) is 76.7 cm³/mol. The molecule has 3 heterocycles. The van der Waals surface area contributed by atoms with Crippen molar-refractivity contribution in [3.05, 3.63) is 24.0 Å². The number of hydrogen-bond donors (Lipinski definition) is 2. The van der Waals surface area contributed by atoms with Gasteiger partial charge in [0.2, 0.25) is 0 Å². The summed E-state index contributed by atoms with van der Waals surface area (Å²) in [4.78, 5) is 9.20. The Balaban J connectivity index is 1.81. The third-order valence-electron chi connectivity index (χ3n) is 4.22. The van der Waals surface area contributed by atoms with Gasteiger partial charge in [-0.05, 0) is 31.5 Å². The van der Waals surface area contributed by atoms with Crippen molar-refractivity contribution in [3.63, 3.8) is 0 Å². The molecular weight excluding hydrogens is 238 g/mol. The lowest BCUT2D eigenvalue weighted by atomic mass is 9.99. The number of nitrogens with zero attached hydrogens (tertiary/aromatic N) is 3. The van der Waals surface area contributed by atoms with E-state index < -0.39 is 0 Å². The quantitative estimate of drug-likeness (QED) is 0.615. The summed E-state index contributed by atoms with van der Waals surface area (Å²) in [5, 5.41) is 7.66. The van der Waals surface area contributed by atoms with Gasteiger partial charge in [0.1, 0.15) is 11.5 Å². The van der Waals surface area contributed by atoms with Crippen LogP contribution in [-0.2, 0) is 0 Å². The SMILES string of the molecule is N=C(N)c1ncccc1N1CCN2CCCCC2C1. The predicted octanol–water partition coefficient (Wildman–Crippen LogP) is 1.04. The lowest BCUT2D eigenvalue weighted by Crippen LogP contribution is -2.55. The third kappa shape index (κ3) is 2.42. The molecule has 0 bridgehead atoms. The van der Waals surface area contributed by atoms with Gasteiger partial charge in [-0.25, -0.2) is 0 Å². The molecule has 5 nitrogen and oxygen atoms in total. The topological polar surface area (TPSA) is 69.2 Å². The summed E-state index contributed by atoms with van der Waals surface area (Å²) >= 11 is 0. The minimum absolute atomic E-state index is 0.0571. The van der Waals surface area contributed by atoms with Gasteiger partial charge >= 0.3 is 0 Å². The van der Waals surface area contributed by atoms with Crippen LogP contribution < -0.4 is 10.6 Å². The lowest BCUT2D eigenvalue weighted by molar-refractivity contribution is 0.133.